The lowest BCUT2D eigenvalue weighted by Crippen LogP contribution is -1.95. The van der Waals surface area contributed by atoms with Gasteiger partial charge >= 0.3 is 0 Å². The normalized spacial score (nSPS) is 10.4. The molecule has 6 heteroatoms. The molecule has 0 aliphatic heterocycles. The molecule has 0 fully saturated rings. The molecular weight excluding hydrogens is 202 g/mol. The quantitative estimate of drug-likeness (QED) is 0.764. The maximum atomic E-state index is 5.94. The van der Waals surface area contributed by atoms with Crippen LogP contribution in [0.4, 0.5) is 5.82 Å². The number of nitrogen functional groups attached to an aromatic ring is 1. The van der Waals surface area contributed by atoms with Gasteiger partial charge in [-0.25, -0.2) is 15.0 Å². The van der Waals surface area contributed by atoms with Crippen LogP contribution in [0.25, 0.3) is 11.4 Å². The van der Waals surface area contributed by atoms with Gasteiger partial charge in [0.05, 0.1) is 6.33 Å². The number of aryl methyl sites for hydroxylation is 1. The van der Waals surface area contributed by atoms with Crippen molar-refractivity contribution in [2.75, 3.05) is 5.73 Å². The molecule has 14 heavy (non-hydrogen) atoms. The number of hydrogen-bond donors (Lipinski definition) is 1. The minimum Gasteiger partial charge on any atom is -0.382 e. The van der Waals surface area contributed by atoms with Crippen LogP contribution in [-0.4, -0.2) is 19.5 Å². The minimum atomic E-state index is 0.266. The largest absolute Gasteiger partial charge is 0.382 e. The van der Waals surface area contributed by atoms with E-state index >= 15 is 0 Å². The summed E-state index contributed by atoms with van der Waals surface area (Å²) >= 11 is 5.94. The Morgan fingerprint density at radius 2 is 2.14 bits per heavy atom. The summed E-state index contributed by atoms with van der Waals surface area (Å²) in [6.45, 7) is 0. The Hall–Kier alpha value is -1.62. The van der Waals surface area contributed by atoms with E-state index < -0.39 is 0 Å². The third kappa shape index (κ3) is 1.42. The minimum absolute atomic E-state index is 0.266. The average molecular weight is 210 g/mol. The molecule has 0 aliphatic carbocycles. The van der Waals surface area contributed by atoms with Crippen LogP contribution in [-0.2, 0) is 7.05 Å². The molecule has 2 rings (SSSR count). The summed E-state index contributed by atoms with van der Waals surface area (Å²) in [5.41, 5.74) is 6.79. The van der Waals surface area contributed by atoms with E-state index in [1.54, 1.807) is 6.33 Å². The van der Waals surface area contributed by atoms with Crippen LogP contribution in [0.5, 0.6) is 0 Å². The third-order valence-electron chi connectivity index (χ3n) is 1.76. The number of nitrogens with two attached hydrogens (primary N) is 1. The van der Waals surface area contributed by atoms with Crippen molar-refractivity contribution in [3.63, 3.8) is 0 Å². The van der Waals surface area contributed by atoms with Crippen molar-refractivity contribution in [3.05, 3.63) is 23.9 Å². The highest BCUT2D eigenvalue weighted by Gasteiger charge is 2.10. The van der Waals surface area contributed by atoms with Gasteiger partial charge in [0.25, 0.3) is 0 Å². The molecule has 2 heterocycles. The fourth-order valence-corrected chi connectivity index (χ4v) is 1.29. The molecule has 2 aromatic heterocycles. The van der Waals surface area contributed by atoms with E-state index in [1.165, 1.54) is 6.33 Å². The van der Waals surface area contributed by atoms with E-state index in [9.17, 15) is 0 Å². The number of imidazole rings is 1. The molecule has 0 radical (unpaired) electrons. The monoisotopic (exact) mass is 209 g/mol. The second kappa shape index (κ2) is 3.26. The van der Waals surface area contributed by atoms with Crippen LogP contribution in [0.15, 0.2) is 18.9 Å². The lowest BCUT2D eigenvalue weighted by atomic mass is 10.3. The van der Waals surface area contributed by atoms with Crippen molar-refractivity contribution < 1.29 is 0 Å². The van der Waals surface area contributed by atoms with Gasteiger partial charge in [-0.15, -0.1) is 0 Å². The van der Waals surface area contributed by atoms with Gasteiger partial charge in [0.15, 0.2) is 0 Å². The molecule has 0 unspecified atom stereocenters. The summed E-state index contributed by atoms with van der Waals surface area (Å²) in [5.74, 6) is 0.266. The molecule has 0 spiro atoms. The molecule has 2 aromatic rings. The van der Waals surface area contributed by atoms with Crippen molar-refractivity contribution in [1.29, 1.82) is 0 Å². The van der Waals surface area contributed by atoms with E-state index in [4.69, 9.17) is 17.3 Å². The summed E-state index contributed by atoms with van der Waals surface area (Å²) < 4.78 is 1.81. The first-order chi connectivity index (χ1) is 6.68. The summed E-state index contributed by atoms with van der Waals surface area (Å²) in [6, 6.07) is 0. The number of anilines is 1. The van der Waals surface area contributed by atoms with Crippen LogP contribution in [0.3, 0.4) is 0 Å². The highest BCUT2D eigenvalue weighted by atomic mass is 35.5. The summed E-state index contributed by atoms with van der Waals surface area (Å²) in [7, 11) is 1.87. The van der Waals surface area contributed by atoms with Crippen LogP contribution < -0.4 is 5.73 Å². The highest BCUT2D eigenvalue weighted by molar-refractivity contribution is 6.35. The average Bonchev–Trinajstić information content (AvgIpc) is 2.57. The maximum Gasteiger partial charge on any atom is 0.146 e. The predicted octanol–water partition coefficient (Wildman–Crippen LogP) is 1.11. The predicted molar refractivity (Wildman–Crippen MR) is 53.7 cm³/mol. The van der Waals surface area contributed by atoms with Gasteiger partial charge in [0.2, 0.25) is 0 Å². The van der Waals surface area contributed by atoms with Crippen molar-refractivity contribution in [3.8, 4) is 11.4 Å². The molecule has 72 valence electrons. The first-order valence-corrected chi connectivity index (χ1v) is 4.30. The zero-order valence-corrected chi connectivity index (χ0v) is 8.23. The van der Waals surface area contributed by atoms with E-state index in [1.807, 2.05) is 17.8 Å². The van der Waals surface area contributed by atoms with Crippen LogP contribution in [0.2, 0.25) is 5.02 Å². The number of rotatable bonds is 1. The number of aromatic nitrogens is 4. The SMILES string of the molecule is Cn1cnc(-c2ncnc(N)c2Cl)c1. The Bertz CT molecular complexity index is 465. The second-order valence-electron chi connectivity index (χ2n) is 2.85. The van der Waals surface area contributed by atoms with Gasteiger partial charge in [-0.2, -0.15) is 0 Å². The lowest BCUT2D eigenvalue weighted by molar-refractivity contribution is 0.913. The van der Waals surface area contributed by atoms with E-state index in [0.29, 0.717) is 16.4 Å². The third-order valence-corrected chi connectivity index (χ3v) is 2.14. The Kier molecular flexibility index (Phi) is 2.09. The van der Waals surface area contributed by atoms with Gasteiger partial charge in [-0.05, 0) is 0 Å². The maximum absolute atomic E-state index is 5.94. The zero-order valence-electron chi connectivity index (χ0n) is 7.48. The van der Waals surface area contributed by atoms with Crippen LogP contribution in [0, 0.1) is 0 Å². The molecule has 2 N–H and O–H groups in total. The fraction of sp³-hybridized carbons (Fsp3) is 0.125. The molecule has 0 saturated carbocycles. The van der Waals surface area contributed by atoms with Gasteiger partial charge < -0.3 is 10.3 Å². The van der Waals surface area contributed by atoms with Gasteiger partial charge in [-0.3, -0.25) is 0 Å². The van der Waals surface area contributed by atoms with Gasteiger partial charge in [0, 0.05) is 13.2 Å². The molecule has 0 bridgehead atoms. The Morgan fingerprint density at radius 3 is 2.79 bits per heavy atom. The number of halogens is 1. The van der Waals surface area contributed by atoms with Crippen molar-refractivity contribution >= 4 is 17.4 Å². The summed E-state index contributed by atoms with van der Waals surface area (Å²) in [6.07, 6.45) is 4.85. The Labute approximate surface area is 85.6 Å². The van der Waals surface area contributed by atoms with Crippen molar-refractivity contribution in [2.24, 2.45) is 7.05 Å². The highest BCUT2D eigenvalue weighted by Crippen LogP contribution is 2.26. The van der Waals surface area contributed by atoms with Crippen molar-refractivity contribution in [2.45, 2.75) is 0 Å². The van der Waals surface area contributed by atoms with Crippen LogP contribution >= 0.6 is 11.6 Å². The molecule has 0 atom stereocenters. The first kappa shape index (κ1) is 8.96. The molecule has 5 nitrogen and oxygen atoms in total. The topological polar surface area (TPSA) is 69.6 Å². The van der Waals surface area contributed by atoms with E-state index in [0.717, 1.165) is 0 Å². The van der Waals surface area contributed by atoms with E-state index in [2.05, 4.69) is 15.0 Å². The molecule has 0 saturated heterocycles. The van der Waals surface area contributed by atoms with E-state index in [-0.39, 0.29) is 5.82 Å². The van der Waals surface area contributed by atoms with Gasteiger partial charge in [-0.1, -0.05) is 11.6 Å². The molecule has 0 aliphatic rings. The Balaban J connectivity index is 2.57. The lowest BCUT2D eigenvalue weighted by Gasteiger charge is -2.00. The Morgan fingerprint density at radius 1 is 1.36 bits per heavy atom. The number of nitrogens with zero attached hydrogens (tertiary/aromatic N) is 4. The van der Waals surface area contributed by atoms with Crippen LogP contribution in [0.1, 0.15) is 0 Å². The summed E-state index contributed by atoms with van der Waals surface area (Å²) in [5, 5.41) is 0.339. The first-order valence-electron chi connectivity index (χ1n) is 3.93. The molecule has 0 amide bonds. The molecule has 0 aromatic carbocycles. The smallest absolute Gasteiger partial charge is 0.146 e. The number of hydrogen-bond acceptors (Lipinski definition) is 4. The fourth-order valence-electron chi connectivity index (χ4n) is 1.10. The standard InChI is InChI=1S/C8H8ClN5/c1-14-2-5(13-4-14)7-6(9)8(10)12-3-11-7/h2-4H,1H3,(H2,10,11,12). The second-order valence-corrected chi connectivity index (χ2v) is 3.22. The summed E-state index contributed by atoms with van der Waals surface area (Å²) in [4.78, 5) is 11.9. The van der Waals surface area contributed by atoms with Crippen molar-refractivity contribution in [1.82, 2.24) is 19.5 Å². The molecular formula is C8H8ClN5. The van der Waals surface area contributed by atoms with Gasteiger partial charge in [0.1, 0.15) is 28.6 Å². The zero-order chi connectivity index (χ0) is 10.1.